The van der Waals surface area contributed by atoms with Crippen LogP contribution in [0.15, 0.2) is 24.3 Å². The van der Waals surface area contributed by atoms with Crippen molar-refractivity contribution in [1.29, 1.82) is 0 Å². The maximum Gasteiger partial charge on any atom is 0.317 e. The van der Waals surface area contributed by atoms with Crippen molar-refractivity contribution >= 4 is 29.4 Å². The average molecular weight is 576 g/mol. The Morgan fingerprint density at radius 2 is 1.55 bits per heavy atom. The summed E-state index contributed by atoms with van der Waals surface area (Å²) in [5.41, 5.74) is 7.82. The Morgan fingerprint density at radius 1 is 0.810 bits per heavy atom. The lowest BCUT2D eigenvalue weighted by molar-refractivity contribution is 0.0995. The van der Waals surface area contributed by atoms with Gasteiger partial charge in [-0.1, -0.05) is 25.0 Å². The second-order valence-corrected chi connectivity index (χ2v) is 12.5. The Bertz CT molecular complexity index is 1220. The first-order valence-electron chi connectivity index (χ1n) is 16.0. The van der Waals surface area contributed by atoms with Gasteiger partial charge < -0.3 is 31.1 Å². The molecule has 0 radical (unpaired) electrons. The second kappa shape index (κ2) is 13.2. The molecule has 226 valence electrons. The molecule has 0 spiro atoms. The molecule has 4 fully saturated rings. The fourth-order valence-electron chi connectivity index (χ4n) is 7.19. The van der Waals surface area contributed by atoms with Crippen LogP contribution in [-0.2, 0) is 0 Å². The lowest BCUT2D eigenvalue weighted by Gasteiger charge is -2.36. The van der Waals surface area contributed by atoms with Gasteiger partial charge in [-0.25, -0.2) is 4.79 Å². The van der Waals surface area contributed by atoms with Crippen LogP contribution in [0.2, 0.25) is 0 Å². The molecule has 1 aromatic heterocycles. The molecule has 1 aliphatic carbocycles. The minimum Gasteiger partial charge on any atom is -0.364 e. The molecular weight excluding hydrogens is 530 g/mol. The zero-order chi connectivity index (χ0) is 28.9. The maximum absolute atomic E-state index is 12.8. The predicted octanol–water partition coefficient (Wildman–Crippen LogP) is 4.00. The van der Waals surface area contributed by atoms with Crippen LogP contribution in [0.3, 0.4) is 0 Å². The summed E-state index contributed by atoms with van der Waals surface area (Å²) in [4.78, 5) is 36.3. The van der Waals surface area contributed by atoms with Crippen LogP contribution in [0.25, 0.3) is 0 Å². The zero-order valence-corrected chi connectivity index (χ0v) is 24.6. The summed E-state index contributed by atoms with van der Waals surface area (Å²) in [5, 5.41) is 14.9. The molecule has 2 aromatic rings. The summed E-state index contributed by atoms with van der Waals surface area (Å²) in [6.45, 7) is 5.35. The quantitative estimate of drug-likeness (QED) is 0.451. The Morgan fingerprint density at radius 3 is 2.26 bits per heavy atom. The van der Waals surface area contributed by atoms with Crippen LogP contribution >= 0.6 is 0 Å². The molecule has 42 heavy (non-hydrogen) atoms. The highest BCUT2D eigenvalue weighted by Crippen LogP contribution is 2.33. The molecule has 4 aliphatic rings. The van der Waals surface area contributed by atoms with E-state index in [1.807, 2.05) is 21.9 Å². The minimum absolute atomic E-state index is 0.00146. The van der Waals surface area contributed by atoms with Crippen molar-refractivity contribution in [3.63, 3.8) is 0 Å². The van der Waals surface area contributed by atoms with Crippen molar-refractivity contribution < 1.29 is 9.59 Å². The molecule has 1 atom stereocenters. The molecule has 4 heterocycles. The van der Waals surface area contributed by atoms with Crippen LogP contribution in [0.5, 0.6) is 0 Å². The number of benzene rings is 1. The normalized spacial score (nSPS) is 22.7. The van der Waals surface area contributed by atoms with Gasteiger partial charge in [0.05, 0.1) is 0 Å². The molecule has 4 N–H and O–H groups in total. The van der Waals surface area contributed by atoms with E-state index in [0.717, 1.165) is 57.0 Å². The number of nitrogens with zero attached hydrogens (tertiary/aromatic N) is 6. The molecule has 3 amide bonds. The SMILES string of the molecule is NC(=O)c1nnc(N2CCC[C@@H](NC(=O)N3CCCCC3)C2)nc1Nc1ccc(C2CCN(C3CCCC3)CC2)cc1. The van der Waals surface area contributed by atoms with Gasteiger partial charge >= 0.3 is 6.03 Å². The molecule has 0 bridgehead atoms. The number of hydrogen-bond donors (Lipinski definition) is 3. The Hall–Kier alpha value is -3.47. The first kappa shape index (κ1) is 28.6. The number of carbonyl (C=O) groups is 2. The van der Waals surface area contributed by atoms with Crippen LogP contribution in [0, 0.1) is 0 Å². The van der Waals surface area contributed by atoms with Crippen LogP contribution < -0.4 is 21.3 Å². The summed E-state index contributed by atoms with van der Waals surface area (Å²) >= 11 is 0. The highest BCUT2D eigenvalue weighted by Gasteiger charge is 2.29. The van der Waals surface area contributed by atoms with Gasteiger partial charge in [-0.3, -0.25) is 4.79 Å². The predicted molar refractivity (Wildman–Crippen MR) is 163 cm³/mol. The fraction of sp³-hybridized carbons (Fsp3) is 0.645. The summed E-state index contributed by atoms with van der Waals surface area (Å²) in [5.74, 6) is 0.613. The molecule has 1 aromatic carbocycles. The molecular formula is C31H45N9O2. The summed E-state index contributed by atoms with van der Waals surface area (Å²) in [7, 11) is 0. The molecule has 11 heteroatoms. The average Bonchev–Trinajstić information content (AvgIpc) is 3.57. The Kier molecular flexibility index (Phi) is 9.02. The van der Waals surface area contributed by atoms with Crippen LogP contribution in [-0.4, -0.2) is 88.3 Å². The summed E-state index contributed by atoms with van der Waals surface area (Å²) < 4.78 is 0. The van der Waals surface area contributed by atoms with Gasteiger partial charge in [0.15, 0.2) is 11.5 Å². The number of urea groups is 1. The van der Waals surface area contributed by atoms with Gasteiger partial charge in [0, 0.05) is 44.0 Å². The van der Waals surface area contributed by atoms with Crippen molar-refractivity contribution in [2.75, 3.05) is 49.5 Å². The maximum atomic E-state index is 12.8. The third kappa shape index (κ3) is 6.77. The first-order chi connectivity index (χ1) is 20.5. The van der Waals surface area contributed by atoms with Gasteiger partial charge in [0.25, 0.3) is 5.91 Å². The van der Waals surface area contributed by atoms with E-state index in [2.05, 4.69) is 42.8 Å². The zero-order valence-electron chi connectivity index (χ0n) is 24.6. The monoisotopic (exact) mass is 575 g/mol. The van der Waals surface area contributed by atoms with Crippen molar-refractivity contribution in [1.82, 2.24) is 30.3 Å². The Balaban J connectivity index is 1.09. The number of primary amides is 1. The van der Waals surface area contributed by atoms with Gasteiger partial charge in [0.2, 0.25) is 5.95 Å². The summed E-state index contributed by atoms with van der Waals surface area (Å²) in [6.07, 6.45) is 13.0. The lowest BCUT2D eigenvalue weighted by Crippen LogP contribution is -2.52. The third-order valence-corrected chi connectivity index (χ3v) is 9.60. The number of carbonyl (C=O) groups excluding carboxylic acids is 2. The number of nitrogens with two attached hydrogens (primary N) is 1. The smallest absolute Gasteiger partial charge is 0.317 e. The number of hydrogen-bond acceptors (Lipinski definition) is 8. The lowest BCUT2D eigenvalue weighted by atomic mass is 9.88. The second-order valence-electron chi connectivity index (χ2n) is 12.5. The van der Waals surface area contributed by atoms with Gasteiger partial charge in [-0.05, 0) is 94.5 Å². The number of nitrogens with one attached hydrogen (secondary N) is 2. The molecule has 11 nitrogen and oxygen atoms in total. The molecule has 6 rings (SSSR count). The molecule has 0 unspecified atom stereocenters. The van der Waals surface area contributed by atoms with Gasteiger partial charge in [0.1, 0.15) is 0 Å². The molecule has 1 saturated carbocycles. The van der Waals surface area contributed by atoms with Gasteiger partial charge in [-0.2, -0.15) is 4.98 Å². The van der Waals surface area contributed by atoms with E-state index in [1.165, 1.54) is 63.6 Å². The number of anilines is 3. The topological polar surface area (TPSA) is 133 Å². The highest BCUT2D eigenvalue weighted by atomic mass is 16.2. The molecule has 3 aliphatic heterocycles. The van der Waals surface area contributed by atoms with E-state index in [1.54, 1.807) is 0 Å². The summed E-state index contributed by atoms with van der Waals surface area (Å²) in [6, 6.07) is 9.25. The van der Waals surface area contributed by atoms with Gasteiger partial charge in [-0.15, -0.1) is 10.2 Å². The minimum atomic E-state index is -0.681. The fourth-order valence-corrected chi connectivity index (χ4v) is 7.19. The highest BCUT2D eigenvalue weighted by molar-refractivity contribution is 5.96. The number of likely N-dealkylation sites (tertiary alicyclic amines) is 2. The van der Waals surface area contributed by atoms with Crippen molar-refractivity contribution in [2.24, 2.45) is 5.73 Å². The molecule has 3 saturated heterocycles. The van der Waals surface area contributed by atoms with E-state index >= 15 is 0 Å². The van der Waals surface area contributed by atoms with Crippen LogP contribution in [0.1, 0.15) is 92.6 Å². The number of aromatic nitrogens is 3. The number of amides is 3. The van der Waals surface area contributed by atoms with Crippen molar-refractivity contribution in [3.05, 3.63) is 35.5 Å². The third-order valence-electron chi connectivity index (χ3n) is 9.60. The largest absolute Gasteiger partial charge is 0.364 e. The van der Waals surface area contributed by atoms with E-state index in [0.29, 0.717) is 24.2 Å². The van der Waals surface area contributed by atoms with E-state index in [9.17, 15) is 9.59 Å². The Labute approximate surface area is 248 Å². The number of piperidine rings is 3. The van der Waals surface area contributed by atoms with E-state index in [4.69, 9.17) is 5.73 Å². The van der Waals surface area contributed by atoms with E-state index in [-0.39, 0.29) is 17.8 Å². The standard InChI is InChI=1S/C31H45N9O2/c32-28(41)27-29(33-24-12-10-22(11-13-24)23-14-19-38(20-15-23)26-8-2-3-9-26)35-30(37-36-27)40-18-6-7-25(21-40)34-31(42)39-16-4-1-5-17-39/h10-13,23,25-26H,1-9,14-21H2,(H2,32,41)(H,34,42)(H,33,35,37)/t25-/m1/s1. The number of rotatable bonds is 7. The van der Waals surface area contributed by atoms with Crippen LogP contribution in [0.4, 0.5) is 22.2 Å². The van der Waals surface area contributed by atoms with Crippen molar-refractivity contribution in [2.45, 2.75) is 88.6 Å². The van der Waals surface area contributed by atoms with Crippen molar-refractivity contribution in [3.8, 4) is 0 Å². The van der Waals surface area contributed by atoms with E-state index < -0.39 is 5.91 Å². The first-order valence-corrected chi connectivity index (χ1v) is 16.0.